The highest BCUT2D eigenvalue weighted by Crippen LogP contribution is 2.43. The Kier molecular flexibility index (Phi) is 16.6. The van der Waals surface area contributed by atoms with Crippen molar-refractivity contribution in [1.29, 1.82) is 0 Å². The molecule has 4 aliphatic rings. The molecule has 4 aliphatic heterocycles. The zero-order valence-corrected chi connectivity index (χ0v) is 47.3. The summed E-state index contributed by atoms with van der Waals surface area (Å²) in [5.41, 5.74) is 5.80. The zero-order valence-electron chi connectivity index (χ0n) is 44.2. The van der Waals surface area contributed by atoms with Crippen LogP contribution >= 0.6 is 46.4 Å². The van der Waals surface area contributed by atoms with E-state index in [2.05, 4.69) is 33.4 Å². The second-order valence-corrected chi connectivity index (χ2v) is 23.7. The Morgan fingerprint density at radius 1 is 0.714 bits per heavy atom. The first-order valence-electron chi connectivity index (χ1n) is 26.8. The molecule has 8 heterocycles. The van der Waals surface area contributed by atoms with Gasteiger partial charge in [-0.1, -0.05) is 72.4 Å². The number of halogens is 5. The minimum atomic E-state index is -2.02. The van der Waals surface area contributed by atoms with Gasteiger partial charge >= 0.3 is 11.9 Å². The van der Waals surface area contributed by atoms with Crippen molar-refractivity contribution in [2.45, 2.75) is 135 Å². The van der Waals surface area contributed by atoms with Crippen molar-refractivity contribution in [1.82, 2.24) is 49.3 Å². The number of benzene rings is 2. The third kappa shape index (κ3) is 11.3. The van der Waals surface area contributed by atoms with Crippen LogP contribution in [0.15, 0.2) is 48.8 Å². The second-order valence-electron chi connectivity index (χ2n) is 22.0. The fourth-order valence-corrected chi connectivity index (χ4v) is 14.3. The Morgan fingerprint density at radius 3 is 1.82 bits per heavy atom. The SMILES string of the molecule is COC(CC1CCCN1C1CCN(c2cnc3c(C)nn(C(CC4CC(CC(F)C(=O)O)N(C5CCN(c6cnc7c(C)nn(C(C)c8ccc(Cl)cc8Cl)c7n6)CC5C)C4)c4ccc(Cl)cc4Cl)c3n2)CC1C)C(=O)O. The van der Waals surface area contributed by atoms with Crippen LogP contribution in [0, 0.1) is 31.6 Å². The number of piperidine rings is 2. The highest BCUT2D eigenvalue weighted by atomic mass is 35.5. The highest BCUT2D eigenvalue weighted by molar-refractivity contribution is 6.35. The average molecular weight is 1140 g/mol. The molecule has 0 aliphatic carbocycles. The lowest BCUT2D eigenvalue weighted by Crippen LogP contribution is -2.52. The number of methoxy groups -OCH3 is 1. The van der Waals surface area contributed by atoms with E-state index < -0.39 is 30.3 Å². The normalized spacial score (nSPS) is 25.2. The molecule has 11 atom stereocenters. The van der Waals surface area contributed by atoms with Gasteiger partial charge in [-0.15, -0.1) is 0 Å². The molecule has 0 spiro atoms. The number of aliphatic carboxylic acids is 2. The number of ether oxygens (including phenoxy) is 1. The number of aryl methyl sites for hydroxylation is 2. The van der Waals surface area contributed by atoms with Crippen LogP contribution < -0.4 is 9.80 Å². The largest absolute Gasteiger partial charge is 0.479 e. The van der Waals surface area contributed by atoms with Gasteiger partial charge in [-0.3, -0.25) is 9.80 Å². The van der Waals surface area contributed by atoms with E-state index in [-0.39, 0.29) is 48.3 Å². The molecule has 22 heteroatoms. The van der Waals surface area contributed by atoms with E-state index in [4.69, 9.17) is 81.3 Å². The lowest BCUT2D eigenvalue weighted by molar-refractivity contribution is -0.149. The van der Waals surface area contributed by atoms with Crippen LogP contribution in [0.3, 0.4) is 0 Å². The summed E-state index contributed by atoms with van der Waals surface area (Å²) in [6.45, 7) is 14.7. The molecule has 10 rings (SSSR count). The first-order chi connectivity index (χ1) is 36.9. The van der Waals surface area contributed by atoms with E-state index in [1.165, 1.54) is 7.11 Å². The van der Waals surface area contributed by atoms with Gasteiger partial charge in [-0.05, 0) is 125 Å². The van der Waals surface area contributed by atoms with Gasteiger partial charge < -0.3 is 24.7 Å². The van der Waals surface area contributed by atoms with Crippen molar-refractivity contribution in [3.8, 4) is 0 Å². The minimum absolute atomic E-state index is 0.00411. The van der Waals surface area contributed by atoms with Crippen molar-refractivity contribution < 1.29 is 28.9 Å². The number of carboxylic acid groups (broad SMARTS) is 2. The number of aromatic nitrogens is 8. The van der Waals surface area contributed by atoms with Gasteiger partial charge in [0.05, 0.1) is 35.9 Å². The smallest absolute Gasteiger partial charge is 0.338 e. The van der Waals surface area contributed by atoms with Crippen molar-refractivity contribution >= 4 is 92.3 Å². The minimum Gasteiger partial charge on any atom is -0.479 e. The van der Waals surface area contributed by atoms with Crippen LogP contribution in [0.5, 0.6) is 0 Å². The summed E-state index contributed by atoms with van der Waals surface area (Å²) in [6, 6.07) is 10.4. The average Bonchev–Trinajstić information content (AvgIpc) is 4.19. The quantitative estimate of drug-likeness (QED) is 0.0879. The summed E-state index contributed by atoms with van der Waals surface area (Å²) in [7, 11) is 1.47. The third-order valence-electron chi connectivity index (χ3n) is 17.0. The van der Waals surface area contributed by atoms with E-state index in [0.717, 1.165) is 73.8 Å². The number of carbonyl (C=O) groups is 2. The maximum Gasteiger partial charge on any atom is 0.338 e. The Morgan fingerprint density at radius 2 is 1.27 bits per heavy atom. The predicted octanol–water partition coefficient (Wildman–Crippen LogP) is 10.4. The van der Waals surface area contributed by atoms with Crippen LogP contribution in [0.1, 0.15) is 107 Å². The predicted molar refractivity (Wildman–Crippen MR) is 298 cm³/mol. The third-order valence-corrected chi connectivity index (χ3v) is 18.2. The van der Waals surface area contributed by atoms with Crippen LogP contribution in [0.4, 0.5) is 16.0 Å². The van der Waals surface area contributed by atoms with E-state index in [1.54, 1.807) is 18.3 Å². The highest BCUT2D eigenvalue weighted by Gasteiger charge is 2.44. The number of likely N-dealkylation sites (tertiary alicyclic amines) is 2. The maximum atomic E-state index is 15.5. The molecule has 0 radical (unpaired) electrons. The topological polar surface area (TPSA) is 184 Å². The number of carboxylic acids is 2. The Balaban J connectivity index is 0.895. The lowest BCUT2D eigenvalue weighted by atomic mass is 9.91. The molecule has 4 aromatic heterocycles. The van der Waals surface area contributed by atoms with E-state index in [1.807, 2.05) is 60.6 Å². The molecule has 6 aromatic rings. The summed E-state index contributed by atoms with van der Waals surface area (Å²) in [5, 5.41) is 31.7. The number of anilines is 2. The molecule has 412 valence electrons. The zero-order chi connectivity index (χ0) is 54.6. The monoisotopic (exact) mass is 1130 g/mol. The number of alkyl halides is 1. The maximum absolute atomic E-state index is 15.5. The van der Waals surface area contributed by atoms with Gasteiger partial charge in [0.2, 0.25) is 0 Å². The number of hydrogen-bond donors (Lipinski definition) is 2. The van der Waals surface area contributed by atoms with Crippen LogP contribution in [-0.4, -0.2) is 154 Å². The van der Waals surface area contributed by atoms with Gasteiger partial charge in [0, 0.05) is 90.5 Å². The van der Waals surface area contributed by atoms with E-state index in [9.17, 15) is 19.8 Å². The summed E-state index contributed by atoms with van der Waals surface area (Å²) < 4.78 is 24.7. The number of fused-ring (bicyclic) bond motifs is 2. The first kappa shape index (κ1) is 55.4. The molecule has 2 aromatic carbocycles. The van der Waals surface area contributed by atoms with Gasteiger partial charge in [0.1, 0.15) is 22.7 Å². The molecule has 2 N–H and O–H groups in total. The molecular formula is C55H67Cl4FN12O5. The molecule has 0 bridgehead atoms. The molecule has 17 nitrogen and oxygen atoms in total. The van der Waals surface area contributed by atoms with Crippen molar-refractivity contribution in [2.24, 2.45) is 17.8 Å². The molecule has 0 amide bonds. The number of hydrogen-bond acceptors (Lipinski definition) is 13. The second kappa shape index (κ2) is 23.0. The molecule has 4 saturated heterocycles. The number of nitrogens with zero attached hydrogens (tertiary/aromatic N) is 12. The van der Waals surface area contributed by atoms with E-state index in [0.29, 0.717) is 93.1 Å². The fourth-order valence-electron chi connectivity index (χ4n) is 13.2. The van der Waals surface area contributed by atoms with Crippen LogP contribution in [0.2, 0.25) is 20.1 Å². The van der Waals surface area contributed by atoms with Gasteiger partial charge in [0.25, 0.3) is 0 Å². The van der Waals surface area contributed by atoms with Crippen molar-refractivity contribution in [2.75, 3.05) is 56.2 Å². The molecule has 4 fully saturated rings. The van der Waals surface area contributed by atoms with Crippen LogP contribution in [-0.2, 0) is 14.3 Å². The summed E-state index contributed by atoms with van der Waals surface area (Å²) in [5.74, 6) is -0.550. The molecule has 11 unspecified atom stereocenters. The van der Waals surface area contributed by atoms with Crippen molar-refractivity contribution in [3.05, 3.63) is 91.4 Å². The van der Waals surface area contributed by atoms with Crippen molar-refractivity contribution in [3.63, 3.8) is 0 Å². The fraction of sp³-hybridized carbons (Fsp3) is 0.564. The Hall–Kier alpha value is -4.95. The van der Waals surface area contributed by atoms with Crippen LogP contribution in [0.25, 0.3) is 22.3 Å². The summed E-state index contributed by atoms with van der Waals surface area (Å²) >= 11 is 26.5. The van der Waals surface area contributed by atoms with Gasteiger partial charge in [-0.2, -0.15) is 10.2 Å². The summed E-state index contributed by atoms with van der Waals surface area (Å²) in [6.07, 6.45) is 5.86. The molecule has 77 heavy (non-hydrogen) atoms. The van der Waals surface area contributed by atoms with Gasteiger partial charge in [0.15, 0.2) is 23.6 Å². The Labute approximate surface area is 468 Å². The first-order valence-corrected chi connectivity index (χ1v) is 28.4. The molecule has 0 saturated carbocycles. The van der Waals surface area contributed by atoms with E-state index >= 15 is 4.39 Å². The molecular weight excluding hydrogens is 1070 g/mol. The number of rotatable bonds is 17. The lowest BCUT2D eigenvalue weighted by Gasteiger charge is -2.44. The Bertz CT molecular complexity index is 3150. The van der Waals surface area contributed by atoms with Gasteiger partial charge in [-0.25, -0.2) is 43.3 Å². The standard InChI is InChI=1S/C55H67Cl4FN12O5/c1-29-26-67(16-13-44(29)69-15-7-8-37(69)23-47(77-6)55(75)76)49-25-62-51-32(4)66-72(53(51)64-49)46(40-12-10-36(57)21-42(40)59)19-34-18-38(22-43(60)54(73)74)70(28-34)45-14-17-68(27-30(45)2)48-24-61-50-31(3)65-71(52(50)63-48)33(5)39-11-9-35(56)20-41(39)58/h9-12,20-21,24-25,29-30,33-34,37-38,43-47H,7-8,13-19,22-23,26-28H2,1-6H3,(H,73,74)(H,75,76). The summed E-state index contributed by atoms with van der Waals surface area (Å²) in [4.78, 5) is 53.7.